The van der Waals surface area contributed by atoms with Crippen molar-refractivity contribution in [3.05, 3.63) is 0 Å². The third-order valence-corrected chi connectivity index (χ3v) is 1.36. The van der Waals surface area contributed by atoms with Gasteiger partial charge in [0.1, 0.15) is 6.04 Å². The van der Waals surface area contributed by atoms with Gasteiger partial charge in [0.2, 0.25) is 0 Å². The van der Waals surface area contributed by atoms with E-state index in [9.17, 15) is 14.2 Å². The predicted molar refractivity (Wildman–Crippen MR) is 40.3 cm³/mol. The third kappa shape index (κ3) is 6.23. The van der Waals surface area contributed by atoms with E-state index in [0.29, 0.717) is 0 Å². The van der Waals surface area contributed by atoms with E-state index in [-0.39, 0.29) is 0 Å². The summed E-state index contributed by atoms with van der Waals surface area (Å²) >= 11 is 0. The van der Waals surface area contributed by atoms with Crippen LogP contribution in [0, 0.1) is 0 Å². The third-order valence-electron chi connectivity index (χ3n) is 0.918. The Morgan fingerprint density at radius 1 is 1.54 bits per heavy atom. The molecule has 0 amide bonds. The Morgan fingerprint density at radius 3 is 2.31 bits per heavy atom. The summed E-state index contributed by atoms with van der Waals surface area (Å²) in [6, 6.07) is -1.50. The van der Waals surface area contributed by atoms with Crippen LogP contribution in [0.1, 0.15) is 6.42 Å². The molecule has 2 atom stereocenters. The van der Waals surface area contributed by atoms with E-state index in [4.69, 9.17) is 15.7 Å². The van der Waals surface area contributed by atoms with Gasteiger partial charge in [-0.3, -0.25) is 4.79 Å². The minimum atomic E-state index is -4.44. The van der Waals surface area contributed by atoms with Gasteiger partial charge in [0.05, 0.1) is 6.42 Å². The monoisotopic (exact) mass is 212 g/mol. The molecule has 0 aliphatic carbocycles. The van der Waals surface area contributed by atoms with Gasteiger partial charge in [-0.25, -0.2) is 14.9 Å². The summed E-state index contributed by atoms with van der Waals surface area (Å²) in [6.07, 6.45) is -0.696. The molecule has 0 aliphatic heterocycles. The molecule has 0 spiro atoms. The van der Waals surface area contributed by atoms with Crippen molar-refractivity contribution in [1.82, 2.24) is 0 Å². The van der Waals surface area contributed by atoms with Crippen LogP contribution in [0.5, 0.6) is 0 Å². The fraction of sp³-hybridized carbons (Fsp3) is 0.500. The summed E-state index contributed by atoms with van der Waals surface area (Å²) in [5.41, 5.74) is 9.45. The summed E-state index contributed by atoms with van der Waals surface area (Å²) in [5.74, 6) is -2.65. The number of carboxylic acid groups (broad SMARTS) is 1. The second-order valence-corrected chi connectivity index (χ2v) is 3.49. The molecule has 9 heteroatoms. The Morgan fingerprint density at radius 2 is 2.00 bits per heavy atom. The first kappa shape index (κ1) is 12.0. The second kappa shape index (κ2) is 4.33. The molecule has 0 saturated heterocycles. The molecule has 0 rings (SSSR count). The standard InChI is InChI=1S/C4H9N2O6P/c5-2(1-3(7)8)4(9)12-13(6,10)11/h2H,1,5H2,(H,7,8)(H3,6,10,11)/t2-/m0/s1. The highest BCUT2D eigenvalue weighted by molar-refractivity contribution is 7.50. The number of carbonyl (C=O) groups excluding carboxylic acids is 1. The molecular weight excluding hydrogens is 203 g/mol. The van der Waals surface area contributed by atoms with Gasteiger partial charge < -0.3 is 20.3 Å². The van der Waals surface area contributed by atoms with Crippen molar-refractivity contribution in [3.63, 3.8) is 0 Å². The summed E-state index contributed by atoms with van der Waals surface area (Å²) in [7, 11) is -4.44. The van der Waals surface area contributed by atoms with E-state index in [0.717, 1.165) is 0 Å². The Labute approximate surface area is 73.1 Å². The lowest BCUT2D eigenvalue weighted by molar-refractivity contribution is -0.143. The van der Waals surface area contributed by atoms with Gasteiger partial charge in [0.25, 0.3) is 0 Å². The van der Waals surface area contributed by atoms with Crippen LogP contribution in [0.2, 0.25) is 0 Å². The highest BCUT2D eigenvalue weighted by Gasteiger charge is 2.25. The number of hydrogen-bond donors (Lipinski definition) is 4. The van der Waals surface area contributed by atoms with Gasteiger partial charge >= 0.3 is 19.7 Å². The molecule has 0 aromatic heterocycles. The second-order valence-electron chi connectivity index (χ2n) is 2.18. The molecule has 0 saturated carbocycles. The first-order valence-corrected chi connectivity index (χ1v) is 4.69. The highest BCUT2D eigenvalue weighted by atomic mass is 31.2. The lowest BCUT2D eigenvalue weighted by atomic mass is 10.2. The number of rotatable bonds is 4. The molecule has 0 radical (unpaired) electrons. The minimum absolute atomic E-state index is 0.696. The quantitative estimate of drug-likeness (QED) is 0.406. The molecule has 6 N–H and O–H groups in total. The van der Waals surface area contributed by atoms with E-state index < -0.39 is 32.1 Å². The van der Waals surface area contributed by atoms with Crippen molar-refractivity contribution >= 4 is 19.7 Å². The van der Waals surface area contributed by atoms with Crippen LogP contribution in [0.3, 0.4) is 0 Å². The molecule has 0 bridgehead atoms. The Hall–Kier alpha value is -0.950. The van der Waals surface area contributed by atoms with E-state index in [1.165, 1.54) is 0 Å². The van der Waals surface area contributed by atoms with Crippen LogP contribution < -0.4 is 11.2 Å². The van der Waals surface area contributed by atoms with Gasteiger partial charge in [-0.1, -0.05) is 0 Å². The number of aliphatic carboxylic acids is 1. The zero-order valence-electron chi connectivity index (χ0n) is 6.41. The molecule has 13 heavy (non-hydrogen) atoms. The molecule has 0 fully saturated rings. The van der Waals surface area contributed by atoms with Crippen LogP contribution in [0.15, 0.2) is 0 Å². The van der Waals surface area contributed by atoms with Crippen molar-refractivity contribution in [2.24, 2.45) is 11.2 Å². The van der Waals surface area contributed by atoms with Crippen molar-refractivity contribution < 1.29 is 28.7 Å². The van der Waals surface area contributed by atoms with Crippen LogP contribution in [0.4, 0.5) is 0 Å². The Balaban J connectivity index is 4.12. The van der Waals surface area contributed by atoms with Gasteiger partial charge in [-0.15, -0.1) is 0 Å². The Bertz CT molecular complexity index is 259. The summed E-state index contributed by atoms with van der Waals surface area (Å²) < 4.78 is 14.1. The van der Waals surface area contributed by atoms with Crippen LogP contribution in [-0.2, 0) is 18.7 Å². The lowest BCUT2D eigenvalue weighted by Crippen LogP contribution is -2.34. The largest absolute Gasteiger partial charge is 0.481 e. The maximum absolute atomic E-state index is 10.7. The average molecular weight is 212 g/mol. The average Bonchev–Trinajstić information content (AvgIpc) is 1.81. The van der Waals surface area contributed by atoms with Crippen LogP contribution >= 0.6 is 7.75 Å². The fourth-order valence-electron chi connectivity index (χ4n) is 0.468. The first-order chi connectivity index (χ1) is 5.72. The van der Waals surface area contributed by atoms with E-state index >= 15 is 0 Å². The van der Waals surface area contributed by atoms with Crippen LogP contribution in [0.25, 0.3) is 0 Å². The van der Waals surface area contributed by atoms with Crippen molar-refractivity contribution in [1.29, 1.82) is 0 Å². The maximum atomic E-state index is 10.7. The summed E-state index contributed by atoms with van der Waals surface area (Å²) in [5, 5.41) is 8.18. The smallest absolute Gasteiger partial charge is 0.455 e. The molecule has 0 aliphatic rings. The van der Waals surface area contributed by atoms with Crippen molar-refractivity contribution in [3.8, 4) is 0 Å². The van der Waals surface area contributed by atoms with Crippen LogP contribution in [-0.4, -0.2) is 28.0 Å². The molecular formula is C4H9N2O6P. The van der Waals surface area contributed by atoms with Gasteiger partial charge in [-0.2, -0.15) is 0 Å². The topological polar surface area (TPSA) is 153 Å². The Kier molecular flexibility index (Phi) is 4.02. The highest BCUT2D eigenvalue weighted by Crippen LogP contribution is 2.31. The molecule has 0 aromatic rings. The number of carboxylic acids is 1. The first-order valence-electron chi connectivity index (χ1n) is 3.04. The molecule has 76 valence electrons. The predicted octanol–water partition coefficient (Wildman–Crippen LogP) is -1.61. The molecule has 0 heterocycles. The van der Waals surface area contributed by atoms with Crippen molar-refractivity contribution in [2.45, 2.75) is 12.5 Å². The summed E-state index contributed by atoms with van der Waals surface area (Å²) in [4.78, 5) is 29.1. The summed E-state index contributed by atoms with van der Waals surface area (Å²) in [6.45, 7) is 0. The number of nitrogens with two attached hydrogens (primary N) is 2. The van der Waals surface area contributed by atoms with E-state index in [1.54, 1.807) is 0 Å². The number of carbonyl (C=O) groups is 2. The van der Waals surface area contributed by atoms with Crippen molar-refractivity contribution in [2.75, 3.05) is 0 Å². The number of hydrogen-bond acceptors (Lipinski definition) is 5. The minimum Gasteiger partial charge on any atom is -0.481 e. The molecule has 1 unspecified atom stereocenters. The lowest BCUT2D eigenvalue weighted by Gasteiger charge is -2.09. The molecule has 8 nitrogen and oxygen atoms in total. The SMILES string of the molecule is N[C@@H](CC(=O)O)C(=O)OP(N)(=O)O. The normalized spacial score (nSPS) is 17.2. The molecule has 0 aromatic carbocycles. The zero-order valence-corrected chi connectivity index (χ0v) is 7.31. The van der Waals surface area contributed by atoms with E-state index in [2.05, 4.69) is 10.0 Å². The van der Waals surface area contributed by atoms with Gasteiger partial charge in [0, 0.05) is 0 Å². The fourth-order valence-corrected chi connectivity index (χ4v) is 0.861. The zero-order chi connectivity index (χ0) is 10.6. The maximum Gasteiger partial charge on any atom is 0.455 e. The van der Waals surface area contributed by atoms with Gasteiger partial charge in [-0.05, 0) is 0 Å². The van der Waals surface area contributed by atoms with Gasteiger partial charge in [0.15, 0.2) is 0 Å². The van der Waals surface area contributed by atoms with E-state index in [1.807, 2.05) is 0 Å².